The number of rotatable bonds is 11. The number of pyridine rings is 1. The molecular weight excluding hydrogens is 505 g/mol. The third-order valence-electron chi connectivity index (χ3n) is 6.09. The molecule has 3 N–H and O–H groups in total. The fraction of sp³-hybridized carbons (Fsp3) is 0.250. The predicted octanol–water partition coefficient (Wildman–Crippen LogP) is 4.19. The van der Waals surface area contributed by atoms with Gasteiger partial charge in [-0.2, -0.15) is 0 Å². The van der Waals surface area contributed by atoms with Crippen LogP contribution in [0, 0.1) is 12.7 Å². The number of aliphatic carboxylic acids is 1. The summed E-state index contributed by atoms with van der Waals surface area (Å²) in [5.41, 5.74) is 2.61. The molecule has 0 fully saturated rings. The monoisotopic (exact) mass is 533 g/mol. The van der Waals surface area contributed by atoms with E-state index >= 15 is 0 Å². The fourth-order valence-electron chi connectivity index (χ4n) is 4.11. The molecule has 0 bridgehead atoms. The number of carbonyl (C=O) groups is 2. The van der Waals surface area contributed by atoms with Crippen molar-refractivity contribution in [3.8, 4) is 17.2 Å². The van der Waals surface area contributed by atoms with Gasteiger partial charge < -0.3 is 24.9 Å². The maximum atomic E-state index is 13.8. The summed E-state index contributed by atoms with van der Waals surface area (Å²) >= 11 is 0. The van der Waals surface area contributed by atoms with Crippen LogP contribution in [0.3, 0.4) is 0 Å². The van der Waals surface area contributed by atoms with Gasteiger partial charge in [0, 0.05) is 29.8 Å². The Hall–Kier alpha value is -4.80. The van der Waals surface area contributed by atoms with Crippen molar-refractivity contribution >= 4 is 17.7 Å². The molecule has 2 heterocycles. The lowest BCUT2D eigenvalue weighted by molar-refractivity contribution is -0.139. The molecule has 11 heteroatoms. The first kappa shape index (κ1) is 27.2. The summed E-state index contributed by atoms with van der Waals surface area (Å²) in [7, 11) is 1.57. The molecule has 1 unspecified atom stereocenters. The minimum atomic E-state index is -1.18. The highest BCUT2D eigenvalue weighted by Crippen LogP contribution is 2.21. The molecule has 1 atom stereocenters. The van der Waals surface area contributed by atoms with Gasteiger partial charge in [0.1, 0.15) is 23.4 Å². The second kappa shape index (κ2) is 12.2. The largest absolute Gasteiger partial charge is 0.497 e. The number of hydrogen-bond donors (Lipinski definition) is 3. The standard InChI is InChI=1S/C28H28FN5O5/c1-4-18-13-20(29)11-16(2)25(18)26(35)32-22(28(36)37)12-17-5-7-19(8-6-17)27-34-33-24(39-27)15-31-23-14-21(38-3)9-10-30-23/h5-11,13-14,22H,4,12,15H2,1-3H3,(H,30,31)(H,32,35)(H,36,37). The summed E-state index contributed by atoms with van der Waals surface area (Å²) in [6, 6.07) is 11.8. The van der Waals surface area contributed by atoms with E-state index in [1.807, 2.05) is 6.92 Å². The molecule has 10 nitrogen and oxygen atoms in total. The van der Waals surface area contributed by atoms with Gasteiger partial charge >= 0.3 is 5.97 Å². The molecular formula is C28H28FN5O5. The van der Waals surface area contributed by atoms with Crippen LogP contribution in [-0.4, -0.2) is 45.3 Å². The van der Waals surface area contributed by atoms with E-state index in [0.717, 1.165) is 0 Å². The molecule has 0 aliphatic carbocycles. The Labute approximate surface area is 224 Å². The minimum Gasteiger partial charge on any atom is -0.497 e. The van der Waals surface area contributed by atoms with Gasteiger partial charge in [0.15, 0.2) is 0 Å². The van der Waals surface area contributed by atoms with E-state index in [-0.39, 0.29) is 13.0 Å². The van der Waals surface area contributed by atoms with E-state index in [1.165, 1.54) is 12.1 Å². The number of anilines is 1. The first-order valence-electron chi connectivity index (χ1n) is 12.3. The number of nitrogens with zero attached hydrogens (tertiary/aromatic N) is 3. The molecule has 0 saturated heterocycles. The zero-order valence-corrected chi connectivity index (χ0v) is 21.7. The third-order valence-corrected chi connectivity index (χ3v) is 6.09. The van der Waals surface area contributed by atoms with E-state index in [4.69, 9.17) is 9.15 Å². The fourth-order valence-corrected chi connectivity index (χ4v) is 4.11. The van der Waals surface area contributed by atoms with Crippen LogP contribution in [0.1, 0.15) is 39.9 Å². The quantitative estimate of drug-likeness (QED) is 0.259. The second-order valence-electron chi connectivity index (χ2n) is 8.81. The Kier molecular flexibility index (Phi) is 8.50. The lowest BCUT2D eigenvalue weighted by Gasteiger charge is -2.17. The van der Waals surface area contributed by atoms with E-state index in [2.05, 4.69) is 25.8 Å². The van der Waals surface area contributed by atoms with Crippen LogP contribution in [0.25, 0.3) is 11.5 Å². The number of benzene rings is 2. The zero-order chi connectivity index (χ0) is 27.9. The van der Waals surface area contributed by atoms with Crippen molar-refractivity contribution in [2.45, 2.75) is 39.3 Å². The number of carboxylic acids is 1. The Balaban J connectivity index is 1.40. The van der Waals surface area contributed by atoms with Crippen molar-refractivity contribution < 1.29 is 28.2 Å². The SMILES string of the molecule is CCc1cc(F)cc(C)c1C(=O)NC(Cc1ccc(-c2nnc(CNc3cc(OC)ccn3)o2)cc1)C(=O)O. The topological polar surface area (TPSA) is 139 Å². The molecule has 4 rings (SSSR count). The zero-order valence-electron chi connectivity index (χ0n) is 21.7. The van der Waals surface area contributed by atoms with Gasteiger partial charge in [-0.05, 0) is 60.4 Å². The molecule has 1 amide bonds. The van der Waals surface area contributed by atoms with Crippen molar-refractivity contribution in [3.63, 3.8) is 0 Å². The Morgan fingerprint density at radius 1 is 1.13 bits per heavy atom. The highest BCUT2D eigenvalue weighted by atomic mass is 19.1. The maximum Gasteiger partial charge on any atom is 0.326 e. The van der Waals surface area contributed by atoms with E-state index in [1.54, 1.807) is 56.6 Å². The molecule has 2 aromatic carbocycles. The summed E-state index contributed by atoms with van der Waals surface area (Å²) in [6.45, 7) is 3.70. The van der Waals surface area contributed by atoms with Gasteiger partial charge in [-0.25, -0.2) is 14.2 Å². The Morgan fingerprint density at radius 2 is 1.90 bits per heavy atom. The highest BCUT2D eigenvalue weighted by molar-refractivity contribution is 5.99. The molecule has 0 spiro atoms. The Morgan fingerprint density at radius 3 is 2.59 bits per heavy atom. The Bertz CT molecular complexity index is 1470. The number of halogens is 1. The second-order valence-corrected chi connectivity index (χ2v) is 8.81. The van der Waals surface area contributed by atoms with Gasteiger partial charge in [0.05, 0.1) is 13.7 Å². The number of methoxy groups -OCH3 is 1. The summed E-state index contributed by atoms with van der Waals surface area (Å²) < 4.78 is 24.7. The van der Waals surface area contributed by atoms with Crippen LogP contribution < -0.4 is 15.4 Å². The minimum absolute atomic E-state index is 0.0512. The molecule has 0 aliphatic heterocycles. The summed E-state index contributed by atoms with van der Waals surface area (Å²) in [4.78, 5) is 29.1. The number of amides is 1. The number of ether oxygens (including phenoxy) is 1. The average Bonchev–Trinajstić information content (AvgIpc) is 3.40. The number of aryl methyl sites for hydroxylation is 2. The lowest BCUT2D eigenvalue weighted by Crippen LogP contribution is -2.42. The van der Waals surface area contributed by atoms with E-state index in [9.17, 15) is 19.1 Å². The molecule has 0 aliphatic rings. The van der Waals surface area contributed by atoms with Crippen LogP contribution in [0.2, 0.25) is 0 Å². The van der Waals surface area contributed by atoms with Gasteiger partial charge in [-0.15, -0.1) is 10.2 Å². The normalized spacial score (nSPS) is 11.6. The molecule has 2 aromatic heterocycles. The average molecular weight is 534 g/mol. The summed E-state index contributed by atoms with van der Waals surface area (Å²) in [5, 5.41) is 23.5. The van der Waals surface area contributed by atoms with Gasteiger partial charge in [-0.3, -0.25) is 4.79 Å². The highest BCUT2D eigenvalue weighted by Gasteiger charge is 2.24. The van der Waals surface area contributed by atoms with Crippen LogP contribution >= 0.6 is 0 Å². The summed E-state index contributed by atoms with van der Waals surface area (Å²) in [5.74, 6) is -0.240. The van der Waals surface area contributed by atoms with Crippen LogP contribution in [0.15, 0.2) is 59.1 Å². The van der Waals surface area contributed by atoms with Crippen molar-refractivity contribution in [2.75, 3.05) is 12.4 Å². The van der Waals surface area contributed by atoms with Crippen LogP contribution in [0.5, 0.6) is 5.75 Å². The number of carboxylic acid groups (broad SMARTS) is 1. The van der Waals surface area contributed by atoms with Gasteiger partial charge in [0.25, 0.3) is 5.91 Å². The van der Waals surface area contributed by atoms with Crippen molar-refractivity contribution in [1.82, 2.24) is 20.5 Å². The molecule has 202 valence electrons. The number of nitrogens with one attached hydrogen (secondary N) is 2. The van der Waals surface area contributed by atoms with Crippen LogP contribution in [0.4, 0.5) is 10.2 Å². The van der Waals surface area contributed by atoms with Crippen LogP contribution in [-0.2, 0) is 24.2 Å². The van der Waals surface area contributed by atoms with E-state index < -0.39 is 23.7 Å². The van der Waals surface area contributed by atoms with E-state index in [0.29, 0.717) is 57.6 Å². The molecule has 0 saturated carbocycles. The van der Waals surface area contributed by atoms with Gasteiger partial charge in [0.2, 0.25) is 11.8 Å². The predicted molar refractivity (Wildman–Crippen MR) is 141 cm³/mol. The number of carbonyl (C=O) groups excluding carboxylic acids is 1. The lowest BCUT2D eigenvalue weighted by atomic mass is 9.98. The third kappa shape index (κ3) is 6.75. The maximum absolute atomic E-state index is 13.8. The smallest absolute Gasteiger partial charge is 0.326 e. The number of hydrogen-bond acceptors (Lipinski definition) is 8. The molecule has 0 radical (unpaired) electrons. The van der Waals surface area contributed by atoms with Crippen molar-refractivity contribution in [2.24, 2.45) is 0 Å². The van der Waals surface area contributed by atoms with Crippen molar-refractivity contribution in [3.05, 3.63) is 88.7 Å². The molecule has 4 aromatic rings. The first-order chi connectivity index (χ1) is 18.8. The number of aromatic nitrogens is 3. The summed E-state index contributed by atoms with van der Waals surface area (Å²) in [6.07, 6.45) is 2.11. The first-order valence-corrected chi connectivity index (χ1v) is 12.3. The molecule has 39 heavy (non-hydrogen) atoms. The van der Waals surface area contributed by atoms with Gasteiger partial charge in [-0.1, -0.05) is 19.1 Å². The van der Waals surface area contributed by atoms with Crippen molar-refractivity contribution in [1.29, 1.82) is 0 Å².